The molecule has 0 fully saturated rings. The van der Waals surface area contributed by atoms with E-state index in [-0.39, 0.29) is 18.6 Å². The zero-order valence-electron chi connectivity index (χ0n) is 9.83. The monoisotopic (exact) mass is 242 g/mol. The van der Waals surface area contributed by atoms with E-state index in [1.54, 1.807) is 0 Å². The molecule has 0 atom stereocenters. The second-order valence-electron chi connectivity index (χ2n) is 3.58. The Balaban J connectivity index is 2.99. The van der Waals surface area contributed by atoms with Gasteiger partial charge in [0.05, 0.1) is 13.7 Å². The summed E-state index contributed by atoms with van der Waals surface area (Å²) >= 11 is 0. The molecule has 0 aliphatic heterocycles. The van der Waals surface area contributed by atoms with E-state index in [2.05, 4.69) is 0 Å². The number of ether oxygens (including phenoxy) is 2. The average Bonchev–Trinajstić information content (AvgIpc) is 2.29. The average molecular weight is 242 g/mol. The second kappa shape index (κ2) is 6.20. The zero-order chi connectivity index (χ0) is 12.8. The molecule has 0 aromatic heterocycles. The largest absolute Gasteiger partial charge is 0.494 e. The van der Waals surface area contributed by atoms with E-state index in [0.717, 1.165) is 5.56 Å². The van der Waals surface area contributed by atoms with Crippen molar-refractivity contribution in [2.45, 2.75) is 19.4 Å². The fraction of sp³-hybridized carbons (Fsp3) is 0.417. The molecule has 1 aromatic carbocycles. The lowest BCUT2D eigenvalue weighted by molar-refractivity contribution is -0.136. The number of halogens is 1. The van der Waals surface area contributed by atoms with E-state index >= 15 is 0 Å². The highest BCUT2D eigenvalue weighted by molar-refractivity contribution is 5.67. The minimum Gasteiger partial charge on any atom is -0.494 e. The van der Waals surface area contributed by atoms with Gasteiger partial charge in [-0.25, -0.2) is 4.39 Å². The fourth-order valence-corrected chi connectivity index (χ4v) is 1.56. The summed E-state index contributed by atoms with van der Waals surface area (Å²) < 4.78 is 23.3. The summed E-state index contributed by atoms with van der Waals surface area (Å²) in [5, 5.41) is 8.62. The Labute approximate surface area is 99.0 Å². The first-order chi connectivity index (χ1) is 8.08. The number of benzene rings is 1. The molecule has 1 aromatic rings. The van der Waals surface area contributed by atoms with Crippen LogP contribution in [0.2, 0.25) is 0 Å². The number of carboxylic acids is 1. The highest BCUT2D eigenvalue weighted by atomic mass is 19.1. The van der Waals surface area contributed by atoms with Gasteiger partial charge in [0.15, 0.2) is 11.6 Å². The quantitative estimate of drug-likeness (QED) is 0.828. The molecule has 0 amide bonds. The molecule has 0 spiro atoms. The van der Waals surface area contributed by atoms with Crippen LogP contribution in [0.15, 0.2) is 12.1 Å². The Hall–Kier alpha value is -1.62. The Morgan fingerprint density at radius 2 is 2.06 bits per heavy atom. The van der Waals surface area contributed by atoms with Gasteiger partial charge in [-0.05, 0) is 29.7 Å². The SMILES string of the molecule is COCc1cc(OC)c(F)cc1CCC(=O)O. The van der Waals surface area contributed by atoms with Crippen LogP contribution in [0.25, 0.3) is 0 Å². The lowest BCUT2D eigenvalue weighted by Gasteiger charge is -2.11. The molecule has 0 unspecified atom stereocenters. The first-order valence-corrected chi connectivity index (χ1v) is 5.14. The maximum atomic E-state index is 13.5. The second-order valence-corrected chi connectivity index (χ2v) is 3.58. The molecule has 0 aliphatic carbocycles. The summed E-state index contributed by atoms with van der Waals surface area (Å²) in [6.07, 6.45) is 0.234. The van der Waals surface area contributed by atoms with Crippen molar-refractivity contribution < 1.29 is 23.8 Å². The van der Waals surface area contributed by atoms with E-state index in [9.17, 15) is 9.18 Å². The van der Waals surface area contributed by atoms with Crippen LogP contribution in [0.3, 0.4) is 0 Å². The van der Waals surface area contributed by atoms with Crippen LogP contribution < -0.4 is 4.74 Å². The Kier molecular flexibility index (Phi) is 4.90. The topological polar surface area (TPSA) is 55.8 Å². The number of hydrogen-bond acceptors (Lipinski definition) is 3. The lowest BCUT2D eigenvalue weighted by atomic mass is 10.0. The molecular weight excluding hydrogens is 227 g/mol. The van der Waals surface area contributed by atoms with Gasteiger partial charge in [0.25, 0.3) is 0 Å². The third-order valence-corrected chi connectivity index (χ3v) is 2.38. The van der Waals surface area contributed by atoms with Crippen molar-refractivity contribution in [3.05, 3.63) is 29.1 Å². The normalized spacial score (nSPS) is 10.3. The lowest BCUT2D eigenvalue weighted by Crippen LogP contribution is -2.03. The molecule has 0 bridgehead atoms. The standard InChI is InChI=1S/C12H15FO4/c1-16-7-9-6-11(17-2)10(13)5-8(9)3-4-12(14)15/h5-6H,3-4,7H2,1-2H3,(H,14,15). The van der Waals surface area contributed by atoms with Crippen molar-refractivity contribution in [3.63, 3.8) is 0 Å². The van der Waals surface area contributed by atoms with Crippen LogP contribution in [-0.4, -0.2) is 25.3 Å². The molecule has 0 aliphatic rings. The highest BCUT2D eigenvalue weighted by Crippen LogP contribution is 2.23. The Morgan fingerprint density at radius 1 is 1.35 bits per heavy atom. The number of aliphatic carboxylic acids is 1. The smallest absolute Gasteiger partial charge is 0.303 e. The molecule has 94 valence electrons. The van der Waals surface area contributed by atoms with Crippen LogP contribution >= 0.6 is 0 Å². The van der Waals surface area contributed by atoms with E-state index in [1.807, 2.05) is 0 Å². The number of aryl methyl sites for hydroxylation is 1. The van der Waals surface area contributed by atoms with E-state index < -0.39 is 11.8 Å². The zero-order valence-corrected chi connectivity index (χ0v) is 9.83. The molecular formula is C12H15FO4. The number of carbonyl (C=O) groups is 1. The fourth-order valence-electron chi connectivity index (χ4n) is 1.56. The van der Waals surface area contributed by atoms with Gasteiger partial charge >= 0.3 is 5.97 Å². The number of hydrogen-bond donors (Lipinski definition) is 1. The van der Waals surface area contributed by atoms with Crippen LogP contribution in [0.4, 0.5) is 4.39 Å². The van der Waals surface area contributed by atoms with Crippen molar-refractivity contribution in [1.29, 1.82) is 0 Å². The summed E-state index contributed by atoms with van der Waals surface area (Å²) in [7, 11) is 2.91. The van der Waals surface area contributed by atoms with Gasteiger partial charge in [0, 0.05) is 13.5 Å². The van der Waals surface area contributed by atoms with Crippen molar-refractivity contribution >= 4 is 5.97 Å². The molecule has 1 N–H and O–H groups in total. The van der Waals surface area contributed by atoms with Gasteiger partial charge in [0.2, 0.25) is 0 Å². The molecule has 5 heteroatoms. The van der Waals surface area contributed by atoms with Crippen LogP contribution in [0.1, 0.15) is 17.5 Å². The van der Waals surface area contributed by atoms with Crippen molar-refractivity contribution in [3.8, 4) is 5.75 Å². The van der Waals surface area contributed by atoms with E-state index in [1.165, 1.54) is 26.4 Å². The number of rotatable bonds is 6. The molecule has 0 saturated carbocycles. The molecule has 4 nitrogen and oxygen atoms in total. The van der Waals surface area contributed by atoms with E-state index in [0.29, 0.717) is 12.2 Å². The summed E-state index contributed by atoms with van der Waals surface area (Å²) in [6, 6.07) is 2.84. The molecule has 1 rings (SSSR count). The summed E-state index contributed by atoms with van der Waals surface area (Å²) in [4.78, 5) is 10.5. The minimum absolute atomic E-state index is 0.0392. The van der Waals surface area contributed by atoms with Crippen molar-refractivity contribution in [2.24, 2.45) is 0 Å². The van der Waals surface area contributed by atoms with Gasteiger partial charge in [-0.2, -0.15) is 0 Å². The number of methoxy groups -OCH3 is 2. The van der Waals surface area contributed by atoms with Gasteiger partial charge in [-0.15, -0.1) is 0 Å². The Bertz CT molecular complexity index is 404. The first kappa shape index (κ1) is 13.4. The van der Waals surface area contributed by atoms with Gasteiger partial charge in [0.1, 0.15) is 0 Å². The van der Waals surface area contributed by atoms with E-state index in [4.69, 9.17) is 14.6 Å². The maximum absolute atomic E-state index is 13.5. The van der Waals surface area contributed by atoms with Crippen molar-refractivity contribution in [1.82, 2.24) is 0 Å². The van der Waals surface area contributed by atoms with Gasteiger partial charge in [-0.1, -0.05) is 0 Å². The van der Waals surface area contributed by atoms with Crippen molar-refractivity contribution in [2.75, 3.05) is 14.2 Å². The highest BCUT2D eigenvalue weighted by Gasteiger charge is 2.11. The molecule has 0 saturated heterocycles. The minimum atomic E-state index is -0.912. The summed E-state index contributed by atoms with van der Waals surface area (Å²) in [5.41, 5.74) is 1.37. The van der Waals surface area contributed by atoms with Crippen LogP contribution in [-0.2, 0) is 22.6 Å². The first-order valence-electron chi connectivity index (χ1n) is 5.14. The molecule has 0 radical (unpaired) electrons. The van der Waals surface area contributed by atoms with Crippen LogP contribution in [0.5, 0.6) is 5.75 Å². The third-order valence-electron chi connectivity index (χ3n) is 2.38. The molecule has 17 heavy (non-hydrogen) atoms. The molecule has 0 heterocycles. The summed E-state index contributed by atoms with van der Waals surface area (Å²) in [5.74, 6) is -1.27. The number of carboxylic acid groups (broad SMARTS) is 1. The maximum Gasteiger partial charge on any atom is 0.303 e. The van der Waals surface area contributed by atoms with Gasteiger partial charge < -0.3 is 14.6 Å². The Morgan fingerprint density at radius 3 is 2.59 bits per heavy atom. The van der Waals surface area contributed by atoms with Gasteiger partial charge in [-0.3, -0.25) is 4.79 Å². The third kappa shape index (κ3) is 3.71. The summed E-state index contributed by atoms with van der Waals surface area (Å²) in [6.45, 7) is 0.297. The predicted molar refractivity (Wildman–Crippen MR) is 59.6 cm³/mol. The predicted octanol–water partition coefficient (Wildman–Crippen LogP) is 2.00. The van der Waals surface area contributed by atoms with Crippen LogP contribution in [0, 0.1) is 5.82 Å².